The highest BCUT2D eigenvalue weighted by Crippen LogP contribution is 2.38. The summed E-state index contributed by atoms with van der Waals surface area (Å²) in [5, 5.41) is 2.97. The molecule has 0 radical (unpaired) electrons. The molecule has 0 aromatic heterocycles. The average molecular weight is 451 g/mol. The molecular weight excluding hydrogens is 416 g/mol. The fraction of sp³-hybridized carbons (Fsp3) is 0.481. The summed E-state index contributed by atoms with van der Waals surface area (Å²) in [4.78, 5) is 26.8. The third-order valence-electron chi connectivity index (χ3n) is 6.92. The number of hydrogen-bond donors (Lipinski definition) is 1. The minimum Gasteiger partial charge on any atom is -0.465 e. The molecule has 2 fully saturated rings. The first kappa shape index (κ1) is 23.5. The topological polar surface area (TPSA) is 67.9 Å². The van der Waals surface area contributed by atoms with Crippen LogP contribution >= 0.6 is 0 Å². The smallest absolute Gasteiger partial charge is 0.337 e. The molecule has 176 valence electrons. The molecule has 6 heteroatoms. The Balaban J connectivity index is 1.18. The zero-order valence-electron chi connectivity index (χ0n) is 19.4. The van der Waals surface area contributed by atoms with Gasteiger partial charge in [-0.2, -0.15) is 0 Å². The molecule has 1 amide bonds. The fourth-order valence-electron chi connectivity index (χ4n) is 4.96. The Bertz CT molecular complexity index is 938. The number of piperidine rings is 1. The first-order chi connectivity index (χ1) is 16.1. The second-order valence-corrected chi connectivity index (χ2v) is 9.17. The molecular formula is C27H34N2O4. The number of amides is 1. The molecule has 2 aliphatic rings. The fourth-order valence-corrected chi connectivity index (χ4v) is 4.96. The van der Waals surface area contributed by atoms with Gasteiger partial charge in [0.25, 0.3) is 5.91 Å². The van der Waals surface area contributed by atoms with Crippen molar-refractivity contribution in [3.8, 4) is 0 Å². The normalized spacial score (nSPS) is 20.0. The Morgan fingerprint density at radius 2 is 1.82 bits per heavy atom. The number of methoxy groups -OCH3 is 1. The lowest BCUT2D eigenvalue weighted by Crippen LogP contribution is -2.45. The Hall–Kier alpha value is -2.70. The number of likely N-dealkylation sites (tertiary alicyclic amines) is 1. The summed E-state index contributed by atoms with van der Waals surface area (Å²) in [6.45, 7) is 3.78. The maximum Gasteiger partial charge on any atom is 0.337 e. The highest BCUT2D eigenvalue weighted by molar-refractivity contribution is 5.97. The Kier molecular flexibility index (Phi) is 7.78. The first-order valence-electron chi connectivity index (χ1n) is 12.0. The molecule has 2 aromatic rings. The van der Waals surface area contributed by atoms with Gasteiger partial charge in [-0.1, -0.05) is 36.4 Å². The largest absolute Gasteiger partial charge is 0.465 e. The third kappa shape index (κ3) is 6.21. The quantitative estimate of drug-likeness (QED) is 0.619. The molecule has 0 saturated carbocycles. The first-order valence-corrected chi connectivity index (χ1v) is 12.0. The minimum atomic E-state index is -0.447. The van der Waals surface area contributed by atoms with Crippen LogP contribution < -0.4 is 5.32 Å². The molecule has 2 saturated heterocycles. The molecule has 6 nitrogen and oxygen atoms in total. The molecule has 2 aromatic carbocycles. The average Bonchev–Trinajstić information content (AvgIpc) is 3.26. The highest BCUT2D eigenvalue weighted by atomic mass is 16.5. The van der Waals surface area contributed by atoms with Crippen LogP contribution in [0.15, 0.2) is 54.6 Å². The van der Waals surface area contributed by atoms with Gasteiger partial charge in [-0.15, -0.1) is 0 Å². The molecule has 33 heavy (non-hydrogen) atoms. The van der Waals surface area contributed by atoms with E-state index in [0.29, 0.717) is 17.7 Å². The van der Waals surface area contributed by atoms with E-state index in [1.54, 1.807) is 24.3 Å². The van der Waals surface area contributed by atoms with Gasteiger partial charge in [0.15, 0.2) is 0 Å². The third-order valence-corrected chi connectivity index (χ3v) is 6.92. The van der Waals surface area contributed by atoms with Crippen molar-refractivity contribution in [2.45, 2.75) is 50.2 Å². The van der Waals surface area contributed by atoms with Gasteiger partial charge in [0.1, 0.15) is 0 Å². The van der Waals surface area contributed by atoms with Crippen molar-refractivity contribution in [3.05, 3.63) is 71.3 Å². The molecule has 2 aliphatic heterocycles. The molecule has 1 N–H and O–H groups in total. The van der Waals surface area contributed by atoms with Crippen LogP contribution in [0.5, 0.6) is 0 Å². The maximum absolute atomic E-state index is 12.6. The zero-order valence-corrected chi connectivity index (χ0v) is 19.4. The number of ether oxygens (including phenoxy) is 2. The Labute approximate surface area is 196 Å². The summed E-state index contributed by atoms with van der Waals surface area (Å²) >= 11 is 0. The van der Waals surface area contributed by atoms with E-state index in [9.17, 15) is 9.59 Å². The maximum atomic E-state index is 12.6. The second kappa shape index (κ2) is 10.9. The molecule has 1 spiro atoms. The van der Waals surface area contributed by atoms with Crippen LogP contribution in [0.3, 0.4) is 0 Å². The molecule has 2 heterocycles. The van der Waals surface area contributed by atoms with E-state index in [4.69, 9.17) is 9.47 Å². The van der Waals surface area contributed by atoms with E-state index < -0.39 is 5.97 Å². The van der Waals surface area contributed by atoms with Crippen LogP contribution in [-0.2, 0) is 15.9 Å². The van der Waals surface area contributed by atoms with Crippen molar-refractivity contribution in [1.82, 2.24) is 10.2 Å². The van der Waals surface area contributed by atoms with Crippen LogP contribution in [0.1, 0.15) is 58.4 Å². The van der Waals surface area contributed by atoms with E-state index in [-0.39, 0.29) is 17.6 Å². The molecule has 4 rings (SSSR count). The highest BCUT2D eigenvalue weighted by Gasteiger charge is 2.42. The lowest BCUT2D eigenvalue weighted by atomic mass is 9.88. The summed E-state index contributed by atoms with van der Waals surface area (Å²) < 4.78 is 11.2. The molecule has 0 aliphatic carbocycles. The summed E-state index contributed by atoms with van der Waals surface area (Å²) in [6, 6.07) is 17.3. The van der Waals surface area contributed by atoms with Crippen molar-refractivity contribution in [1.29, 1.82) is 0 Å². The number of hydrogen-bond acceptors (Lipinski definition) is 5. The lowest BCUT2D eigenvalue weighted by Gasteiger charge is -2.39. The molecule has 0 unspecified atom stereocenters. The van der Waals surface area contributed by atoms with Crippen molar-refractivity contribution >= 4 is 11.9 Å². The van der Waals surface area contributed by atoms with Gasteiger partial charge in [-0.3, -0.25) is 4.79 Å². The standard InChI is InChI=1S/C27H34N2O4/c1-32-26(31)23-11-5-10-22(19-23)25(30)28-20-24-12-13-27(33-24)14-17-29(18-15-27)16-6-9-21-7-3-2-4-8-21/h2-5,7-8,10-11,19,24H,6,9,12-18,20H2,1H3,(H,28,30)/t24-/m1/s1. The number of benzene rings is 2. The number of nitrogens with zero attached hydrogens (tertiary/aromatic N) is 1. The van der Waals surface area contributed by atoms with E-state index in [1.807, 2.05) is 0 Å². The molecule has 1 atom stereocenters. The van der Waals surface area contributed by atoms with Gasteiger partial charge in [0.2, 0.25) is 0 Å². The van der Waals surface area contributed by atoms with Gasteiger partial charge >= 0.3 is 5.97 Å². The Morgan fingerprint density at radius 1 is 1.06 bits per heavy atom. The van der Waals surface area contributed by atoms with Gasteiger partial charge < -0.3 is 19.7 Å². The summed E-state index contributed by atoms with van der Waals surface area (Å²) in [5.41, 5.74) is 2.20. The van der Waals surface area contributed by atoms with Crippen molar-refractivity contribution < 1.29 is 19.1 Å². The van der Waals surface area contributed by atoms with Crippen molar-refractivity contribution in [2.24, 2.45) is 0 Å². The SMILES string of the molecule is COC(=O)c1cccc(C(=O)NC[C@H]2CCC3(CCN(CCCc4ccccc4)CC3)O2)c1. The monoisotopic (exact) mass is 450 g/mol. The van der Waals surface area contributed by atoms with Gasteiger partial charge in [-0.25, -0.2) is 4.79 Å². The van der Waals surface area contributed by atoms with Gasteiger partial charge in [-0.05, 0) is 68.8 Å². The minimum absolute atomic E-state index is 0.0316. The van der Waals surface area contributed by atoms with Crippen molar-refractivity contribution in [3.63, 3.8) is 0 Å². The van der Waals surface area contributed by atoms with Crippen LogP contribution in [0, 0.1) is 0 Å². The predicted molar refractivity (Wildman–Crippen MR) is 127 cm³/mol. The summed E-state index contributed by atoms with van der Waals surface area (Å²) in [5.74, 6) is -0.643. The Morgan fingerprint density at radius 3 is 2.58 bits per heavy atom. The number of esters is 1. The van der Waals surface area contributed by atoms with Crippen LogP contribution in [0.25, 0.3) is 0 Å². The van der Waals surface area contributed by atoms with E-state index in [2.05, 4.69) is 40.5 Å². The van der Waals surface area contributed by atoms with Crippen LogP contribution in [0.4, 0.5) is 0 Å². The van der Waals surface area contributed by atoms with Crippen LogP contribution in [-0.4, -0.2) is 61.8 Å². The van der Waals surface area contributed by atoms with E-state index in [0.717, 1.165) is 51.7 Å². The second-order valence-electron chi connectivity index (χ2n) is 9.17. The lowest BCUT2D eigenvalue weighted by molar-refractivity contribution is -0.0754. The van der Waals surface area contributed by atoms with Crippen LogP contribution in [0.2, 0.25) is 0 Å². The number of nitrogens with one attached hydrogen (secondary N) is 1. The van der Waals surface area contributed by atoms with E-state index in [1.165, 1.54) is 19.1 Å². The zero-order chi connectivity index (χ0) is 23.1. The van der Waals surface area contributed by atoms with Gasteiger partial charge in [0.05, 0.1) is 24.4 Å². The number of rotatable bonds is 8. The summed E-state index contributed by atoms with van der Waals surface area (Å²) in [7, 11) is 1.33. The number of aryl methyl sites for hydroxylation is 1. The number of carbonyl (C=O) groups is 2. The molecule has 0 bridgehead atoms. The van der Waals surface area contributed by atoms with Crippen molar-refractivity contribution in [2.75, 3.05) is 33.3 Å². The number of carbonyl (C=O) groups excluding carboxylic acids is 2. The van der Waals surface area contributed by atoms with Gasteiger partial charge in [0, 0.05) is 25.2 Å². The summed E-state index contributed by atoms with van der Waals surface area (Å²) in [6.07, 6.45) is 6.50. The predicted octanol–water partition coefficient (Wildman–Crippen LogP) is 3.85. The van der Waals surface area contributed by atoms with E-state index >= 15 is 0 Å².